The molecule has 9 heteroatoms. The summed E-state index contributed by atoms with van der Waals surface area (Å²) in [6.07, 6.45) is 3.98. The topological polar surface area (TPSA) is 109 Å². The molecule has 2 fully saturated rings. The lowest BCUT2D eigenvalue weighted by atomic mass is 9.75. The Morgan fingerprint density at radius 1 is 1.28 bits per heavy atom. The molecule has 3 rings (SSSR count). The molecule has 0 aliphatic carbocycles. The van der Waals surface area contributed by atoms with Crippen LogP contribution in [0.3, 0.4) is 0 Å². The fraction of sp³-hybridized carbons (Fsp3) is 0.667. The van der Waals surface area contributed by atoms with Gasteiger partial charge >= 0.3 is 5.97 Å². The molecule has 3 heterocycles. The smallest absolute Gasteiger partial charge is 0.306 e. The quantitative estimate of drug-likeness (QED) is 0.257. The molecule has 200 valence electrons. The Morgan fingerprint density at radius 3 is 2.69 bits per heavy atom. The molecule has 7 nitrogen and oxygen atoms in total. The van der Waals surface area contributed by atoms with Crippen LogP contribution in [-0.2, 0) is 19.1 Å². The summed E-state index contributed by atoms with van der Waals surface area (Å²) in [5.41, 5.74) is 0.556. The summed E-state index contributed by atoms with van der Waals surface area (Å²) in [5.74, 6) is -1.90. The van der Waals surface area contributed by atoms with E-state index in [1.54, 1.807) is 13.0 Å². The number of thiazole rings is 1. The first-order valence-corrected chi connectivity index (χ1v) is 14.7. The number of epoxide rings is 1. The molecule has 2 aliphatic heterocycles. The summed E-state index contributed by atoms with van der Waals surface area (Å²) < 4.78 is 13.2. The van der Waals surface area contributed by atoms with Crippen LogP contribution in [0, 0.1) is 17.3 Å². The highest BCUT2D eigenvalue weighted by Gasteiger charge is 2.63. The van der Waals surface area contributed by atoms with Gasteiger partial charge in [-0.2, -0.15) is 0 Å². The third kappa shape index (κ3) is 7.24. The van der Waals surface area contributed by atoms with Crippen molar-refractivity contribution in [2.45, 2.75) is 97.2 Å². The standard InChI is InChI=1S/C27H38INO6S/c1-16-7-6-8-20-27(33,35-20)25(32)23(17(2)14-19-15-36-21(29-19)10-12-28)34-22(30)9-11-26(4,5)24(31)18(3)13-16/h10,12,14-16,18,20,23,25,32-33H,6-9,11,13H2,1-5H3. The van der Waals surface area contributed by atoms with Gasteiger partial charge < -0.3 is 19.7 Å². The highest BCUT2D eigenvalue weighted by molar-refractivity contribution is 14.1. The summed E-state index contributed by atoms with van der Waals surface area (Å²) in [5, 5.41) is 24.9. The van der Waals surface area contributed by atoms with E-state index in [4.69, 9.17) is 9.47 Å². The van der Waals surface area contributed by atoms with Crippen molar-refractivity contribution in [3.05, 3.63) is 25.7 Å². The average molecular weight is 632 g/mol. The van der Waals surface area contributed by atoms with Crippen LogP contribution in [0.1, 0.15) is 83.8 Å². The van der Waals surface area contributed by atoms with E-state index >= 15 is 0 Å². The van der Waals surface area contributed by atoms with E-state index in [1.807, 2.05) is 36.3 Å². The number of hydrogen-bond acceptors (Lipinski definition) is 8. The number of halogens is 1. The average Bonchev–Trinajstić information content (AvgIpc) is 3.27. The molecular formula is C27H38INO6S. The first kappa shape index (κ1) is 29.4. The molecule has 36 heavy (non-hydrogen) atoms. The summed E-state index contributed by atoms with van der Waals surface area (Å²) in [6, 6.07) is 0. The van der Waals surface area contributed by atoms with Crippen LogP contribution < -0.4 is 0 Å². The number of esters is 1. The number of aliphatic hydroxyl groups is 2. The second-order valence-electron chi connectivity index (χ2n) is 10.9. The molecule has 6 atom stereocenters. The number of carbonyl (C=O) groups excluding carboxylic acids is 2. The summed E-state index contributed by atoms with van der Waals surface area (Å²) in [4.78, 5) is 30.5. The van der Waals surface area contributed by atoms with Gasteiger partial charge in [0, 0.05) is 23.1 Å². The Morgan fingerprint density at radius 2 is 2.00 bits per heavy atom. The van der Waals surface area contributed by atoms with Crippen molar-refractivity contribution >= 4 is 57.8 Å². The molecule has 0 saturated carbocycles. The molecule has 1 aromatic heterocycles. The van der Waals surface area contributed by atoms with E-state index in [9.17, 15) is 19.8 Å². The zero-order chi connectivity index (χ0) is 26.7. The molecule has 0 bridgehead atoms. The number of rotatable bonds is 3. The third-order valence-electron chi connectivity index (χ3n) is 7.26. The molecule has 0 aromatic carbocycles. The molecule has 2 N–H and O–H groups in total. The minimum atomic E-state index is -1.76. The molecule has 2 saturated heterocycles. The van der Waals surface area contributed by atoms with Gasteiger partial charge in [0.15, 0.2) is 12.2 Å². The largest absolute Gasteiger partial charge is 0.455 e. The molecule has 0 amide bonds. The lowest BCUT2D eigenvalue weighted by Crippen LogP contribution is -2.45. The van der Waals surface area contributed by atoms with Crippen molar-refractivity contribution < 1.29 is 29.3 Å². The molecule has 6 unspecified atom stereocenters. The first-order valence-electron chi connectivity index (χ1n) is 12.6. The minimum Gasteiger partial charge on any atom is -0.455 e. The van der Waals surface area contributed by atoms with Gasteiger partial charge in [0.25, 0.3) is 0 Å². The van der Waals surface area contributed by atoms with Crippen molar-refractivity contribution in [1.29, 1.82) is 0 Å². The highest BCUT2D eigenvalue weighted by atomic mass is 127. The number of hydrogen-bond donors (Lipinski definition) is 2. The molecule has 0 radical (unpaired) electrons. The van der Waals surface area contributed by atoms with E-state index in [2.05, 4.69) is 34.5 Å². The van der Waals surface area contributed by atoms with Gasteiger partial charge in [-0.15, -0.1) is 11.3 Å². The Labute approximate surface area is 231 Å². The third-order valence-corrected chi connectivity index (χ3v) is 8.45. The molecule has 1 aromatic rings. The molecule has 2 aliphatic rings. The number of fused-ring (bicyclic) bond motifs is 1. The zero-order valence-electron chi connectivity index (χ0n) is 21.7. The fourth-order valence-corrected chi connectivity index (χ4v) is 6.29. The number of cyclic esters (lactones) is 1. The van der Waals surface area contributed by atoms with Crippen LogP contribution in [0.4, 0.5) is 0 Å². The van der Waals surface area contributed by atoms with Gasteiger partial charge in [-0.05, 0) is 53.9 Å². The van der Waals surface area contributed by atoms with Crippen LogP contribution >= 0.6 is 33.9 Å². The van der Waals surface area contributed by atoms with E-state index < -0.39 is 35.5 Å². The predicted octanol–water partition coefficient (Wildman–Crippen LogP) is 5.53. The number of ketones is 1. The van der Waals surface area contributed by atoms with Crippen LogP contribution in [-0.4, -0.2) is 51.0 Å². The van der Waals surface area contributed by atoms with Crippen LogP contribution in [0.25, 0.3) is 12.2 Å². The van der Waals surface area contributed by atoms with Crippen molar-refractivity contribution in [3.8, 4) is 0 Å². The molecular weight excluding hydrogens is 593 g/mol. The Balaban J connectivity index is 1.86. The lowest BCUT2D eigenvalue weighted by Gasteiger charge is -2.29. The predicted molar refractivity (Wildman–Crippen MR) is 149 cm³/mol. The number of aromatic nitrogens is 1. The van der Waals surface area contributed by atoms with Gasteiger partial charge in [0.2, 0.25) is 5.79 Å². The number of ether oxygens (including phenoxy) is 2. The Bertz CT molecular complexity index is 1000. The number of aliphatic hydroxyl groups excluding tert-OH is 1. The van der Waals surface area contributed by atoms with Crippen molar-refractivity contribution in [1.82, 2.24) is 4.98 Å². The maximum Gasteiger partial charge on any atom is 0.306 e. The van der Waals surface area contributed by atoms with Crippen LogP contribution in [0.15, 0.2) is 15.0 Å². The number of nitrogens with zero attached hydrogens (tertiary/aromatic N) is 1. The van der Waals surface area contributed by atoms with Gasteiger partial charge in [-0.25, -0.2) is 4.98 Å². The maximum atomic E-state index is 13.1. The van der Waals surface area contributed by atoms with Crippen molar-refractivity contribution in [2.24, 2.45) is 17.3 Å². The van der Waals surface area contributed by atoms with E-state index in [0.29, 0.717) is 30.0 Å². The summed E-state index contributed by atoms with van der Waals surface area (Å²) in [6.45, 7) is 9.59. The van der Waals surface area contributed by atoms with Gasteiger partial charge in [-0.1, -0.05) is 63.1 Å². The highest BCUT2D eigenvalue weighted by Crippen LogP contribution is 2.43. The first-order chi connectivity index (χ1) is 16.9. The van der Waals surface area contributed by atoms with Crippen molar-refractivity contribution in [2.75, 3.05) is 0 Å². The lowest BCUT2D eigenvalue weighted by molar-refractivity contribution is -0.165. The maximum absolute atomic E-state index is 13.1. The second kappa shape index (κ2) is 12.1. The van der Waals surface area contributed by atoms with Gasteiger partial charge in [0.05, 0.1) is 5.69 Å². The summed E-state index contributed by atoms with van der Waals surface area (Å²) in [7, 11) is 0. The van der Waals surface area contributed by atoms with Crippen LogP contribution in [0.2, 0.25) is 0 Å². The normalized spacial score (nSPS) is 34.9. The minimum absolute atomic E-state index is 0.0293. The SMILES string of the molecule is CC(=Cc1csc(C=CI)n1)C1OC(=O)CCC(C)(C)C(=O)C(C)CC(C)CCCC2OC2(O)C1O. The summed E-state index contributed by atoms with van der Waals surface area (Å²) >= 11 is 3.60. The number of carbonyl (C=O) groups is 2. The van der Waals surface area contributed by atoms with Gasteiger partial charge in [-0.3, -0.25) is 9.59 Å². The van der Waals surface area contributed by atoms with Gasteiger partial charge in [0.1, 0.15) is 16.9 Å². The van der Waals surface area contributed by atoms with E-state index in [0.717, 1.165) is 24.3 Å². The van der Waals surface area contributed by atoms with E-state index in [1.165, 1.54) is 11.3 Å². The zero-order valence-corrected chi connectivity index (χ0v) is 24.7. The Kier molecular flexibility index (Phi) is 9.93. The second-order valence-corrected chi connectivity index (χ2v) is 12.5. The number of Topliss-reactive ketones (excluding diaryl/α,β-unsaturated/α-hetero) is 1. The molecule has 0 spiro atoms. The van der Waals surface area contributed by atoms with Crippen LogP contribution in [0.5, 0.6) is 0 Å². The Hall–Kier alpha value is -1.14. The van der Waals surface area contributed by atoms with E-state index in [-0.39, 0.29) is 18.1 Å². The fourth-order valence-electron chi connectivity index (χ4n) is 5.04. The monoisotopic (exact) mass is 631 g/mol. The van der Waals surface area contributed by atoms with Crippen molar-refractivity contribution in [3.63, 3.8) is 0 Å².